The lowest BCUT2D eigenvalue weighted by Gasteiger charge is -2.35. The van der Waals surface area contributed by atoms with Crippen LogP contribution in [0.4, 0.5) is 0 Å². The molecule has 0 unspecified atom stereocenters. The molecule has 0 saturated carbocycles. The second-order valence-electron chi connectivity index (χ2n) is 7.68. The van der Waals surface area contributed by atoms with Crippen molar-refractivity contribution < 1.29 is 14.0 Å². The lowest BCUT2D eigenvalue weighted by atomic mass is 10.1. The maximum atomic E-state index is 13.0. The summed E-state index contributed by atoms with van der Waals surface area (Å²) in [6.07, 6.45) is 3.43. The SMILES string of the molecule is Cc1c(C(=O)N2CCN(CC(=O)N3CCCCC3)CC2)oc2c(Cl)cccc12. The van der Waals surface area contributed by atoms with Crippen LogP contribution in [0, 0.1) is 6.92 Å². The van der Waals surface area contributed by atoms with E-state index in [1.807, 2.05) is 24.0 Å². The van der Waals surface area contributed by atoms with Crippen molar-refractivity contribution in [3.05, 3.63) is 34.5 Å². The minimum absolute atomic E-state index is 0.105. The highest BCUT2D eigenvalue weighted by molar-refractivity contribution is 6.35. The van der Waals surface area contributed by atoms with Gasteiger partial charge in [-0.15, -0.1) is 0 Å². The standard InChI is InChI=1S/C21H26ClN3O3/c1-15-16-6-5-7-17(22)20(16)28-19(15)21(27)25-12-10-23(11-13-25)14-18(26)24-8-3-2-4-9-24/h5-7H,2-4,8-14H2,1H3. The van der Waals surface area contributed by atoms with Gasteiger partial charge in [-0.2, -0.15) is 0 Å². The van der Waals surface area contributed by atoms with E-state index in [0.29, 0.717) is 49.1 Å². The number of hydrogen-bond donors (Lipinski definition) is 0. The summed E-state index contributed by atoms with van der Waals surface area (Å²) in [6, 6.07) is 5.54. The van der Waals surface area contributed by atoms with Crippen molar-refractivity contribution in [3.8, 4) is 0 Å². The van der Waals surface area contributed by atoms with Gasteiger partial charge in [0, 0.05) is 50.2 Å². The summed E-state index contributed by atoms with van der Waals surface area (Å²) in [5.41, 5.74) is 1.39. The number of likely N-dealkylation sites (tertiary alicyclic amines) is 1. The highest BCUT2D eigenvalue weighted by Gasteiger charge is 2.28. The molecule has 2 aromatic rings. The van der Waals surface area contributed by atoms with Crippen molar-refractivity contribution in [3.63, 3.8) is 0 Å². The van der Waals surface area contributed by atoms with Crippen molar-refractivity contribution in [1.82, 2.24) is 14.7 Å². The monoisotopic (exact) mass is 403 g/mol. The molecule has 0 atom stereocenters. The minimum Gasteiger partial charge on any atom is -0.449 e. The fraction of sp³-hybridized carbons (Fsp3) is 0.524. The van der Waals surface area contributed by atoms with Gasteiger partial charge in [-0.25, -0.2) is 0 Å². The molecule has 0 spiro atoms. The van der Waals surface area contributed by atoms with E-state index in [1.54, 1.807) is 11.0 Å². The van der Waals surface area contributed by atoms with Crippen molar-refractivity contribution in [2.45, 2.75) is 26.2 Å². The third kappa shape index (κ3) is 3.76. The molecule has 150 valence electrons. The van der Waals surface area contributed by atoms with Gasteiger partial charge in [0.05, 0.1) is 11.6 Å². The zero-order valence-corrected chi connectivity index (χ0v) is 17.0. The number of hydrogen-bond acceptors (Lipinski definition) is 4. The van der Waals surface area contributed by atoms with Crippen LogP contribution in [0.15, 0.2) is 22.6 Å². The van der Waals surface area contributed by atoms with E-state index in [-0.39, 0.29) is 11.8 Å². The number of halogens is 1. The Morgan fingerprint density at radius 2 is 1.71 bits per heavy atom. The Labute approximate surface area is 170 Å². The second kappa shape index (κ2) is 8.13. The molecular formula is C21H26ClN3O3. The van der Waals surface area contributed by atoms with Gasteiger partial charge in [0.25, 0.3) is 5.91 Å². The van der Waals surface area contributed by atoms with Gasteiger partial charge in [-0.05, 0) is 32.3 Å². The highest BCUT2D eigenvalue weighted by Crippen LogP contribution is 2.31. The number of piperazine rings is 1. The predicted octanol–water partition coefficient (Wildman–Crippen LogP) is 3.16. The van der Waals surface area contributed by atoms with E-state index >= 15 is 0 Å². The number of carbonyl (C=O) groups is 2. The van der Waals surface area contributed by atoms with E-state index in [1.165, 1.54) is 6.42 Å². The Hall–Kier alpha value is -2.05. The molecule has 7 heteroatoms. The summed E-state index contributed by atoms with van der Waals surface area (Å²) in [7, 11) is 0. The maximum Gasteiger partial charge on any atom is 0.289 e. The molecule has 2 aliphatic heterocycles. The van der Waals surface area contributed by atoms with Gasteiger partial charge in [0.15, 0.2) is 11.3 Å². The molecule has 4 rings (SSSR count). The number of aryl methyl sites for hydroxylation is 1. The van der Waals surface area contributed by atoms with Gasteiger partial charge in [-0.3, -0.25) is 14.5 Å². The number of furan rings is 1. The summed E-state index contributed by atoms with van der Waals surface area (Å²) in [6.45, 7) is 6.68. The number of piperidine rings is 1. The zero-order chi connectivity index (χ0) is 19.7. The van der Waals surface area contributed by atoms with E-state index in [2.05, 4.69) is 4.90 Å². The van der Waals surface area contributed by atoms with E-state index in [4.69, 9.17) is 16.0 Å². The van der Waals surface area contributed by atoms with Crippen LogP contribution in [0.1, 0.15) is 35.4 Å². The highest BCUT2D eigenvalue weighted by atomic mass is 35.5. The number of fused-ring (bicyclic) bond motifs is 1. The van der Waals surface area contributed by atoms with Crippen LogP contribution < -0.4 is 0 Å². The van der Waals surface area contributed by atoms with Crippen molar-refractivity contribution in [2.24, 2.45) is 0 Å². The zero-order valence-electron chi connectivity index (χ0n) is 16.2. The number of para-hydroxylation sites is 1. The quantitative estimate of drug-likeness (QED) is 0.789. The largest absolute Gasteiger partial charge is 0.449 e. The van der Waals surface area contributed by atoms with E-state index < -0.39 is 0 Å². The van der Waals surface area contributed by atoms with Gasteiger partial charge >= 0.3 is 0 Å². The van der Waals surface area contributed by atoms with Crippen LogP contribution in [0.3, 0.4) is 0 Å². The smallest absolute Gasteiger partial charge is 0.289 e. The number of nitrogens with zero attached hydrogens (tertiary/aromatic N) is 3. The Morgan fingerprint density at radius 3 is 2.39 bits per heavy atom. The van der Waals surface area contributed by atoms with Crippen LogP contribution >= 0.6 is 11.6 Å². The molecule has 0 radical (unpaired) electrons. The van der Waals surface area contributed by atoms with E-state index in [9.17, 15) is 9.59 Å². The molecule has 0 bridgehead atoms. The topological polar surface area (TPSA) is 57.0 Å². The van der Waals surface area contributed by atoms with Gasteiger partial charge in [-0.1, -0.05) is 23.7 Å². The van der Waals surface area contributed by atoms with Gasteiger partial charge in [0.2, 0.25) is 5.91 Å². The summed E-state index contributed by atoms with van der Waals surface area (Å²) in [4.78, 5) is 31.4. The molecule has 2 aliphatic rings. The molecule has 6 nitrogen and oxygen atoms in total. The Morgan fingerprint density at radius 1 is 1.00 bits per heavy atom. The average Bonchev–Trinajstić information content (AvgIpc) is 3.07. The summed E-state index contributed by atoms with van der Waals surface area (Å²) < 4.78 is 5.82. The number of carbonyl (C=O) groups excluding carboxylic acids is 2. The van der Waals surface area contributed by atoms with Crippen LogP contribution in [0.5, 0.6) is 0 Å². The third-order valence-corrected chi connectivity index (χ3v) is 6.13. The van der Waals surface area contributed by atoms with Crippen molar-refractivity contribution >= 4 is 34.4 Å². The number of amides is 2. The third-order valence-electron chi connectivity index (χ3n) is 5.84. The first-order chi connectivity index (χ1) is 13.5. The molecule has 2 fully saturated rings. The predicted molar refractivity (Wildman–Crippen MR) is 109 cm³/mol. The molecule has 0 N–H and O–H groups in total. The Kier molecular flexibility index (Phi) is 5.60. The molecular weight excluding hydrogens is 378 g/mol. The van der Waals surface area contributed by atoms with E-state index in [0.717, 1.165) is 36.9 Å². The Balaban J connectivity index is 1.37. The first-order valence-corrected chi connectivity index (χ1v) is 10.4. The second-order valence-corrected chi connectivity index (χ2v) is 8.09. The van der Waals surface area contributed by atoms with Gasteiger partial charge in [0.1, 0.15) is 0 Å². The maximum absolute atomic E-state index is 13.0. The fourth-order valence-corrected chi connectivity index (χ4v) is 4.31. The molecule has 3 heterocycles. The molecule has 2 amide bonds. The molecule has 0 aliphatic carbocycles. The van der Waals surface area contributed by atoms with Gasteiger partial charge < -0.3 is 14.2 Å². The van der Waals surface area contributed by atoms with Crippen molar-refractivity contribution in [1.29, 1.82) is 0 Å². The lowest BCUT2D eigenvalue weighted by molar-refractivity contribution is -0.133. The lowest BCUT2D eigenvalue weighted by Crippen LogP contribution is -2.52. The Bertz CT molecular complexity index is 880. The average molecular weight is 404 g/mol. The molecule has 1 aromatic carbocycles. The number of benzene rings is 1. The van der Waals surface area contributed by atoms with Crippen molar-refractivity contribution in [2.75, 3.05) is 45.8 Å². The molecule has 2 saturated heterocycles. The number of rotatable bonds is 3. The molecule has 1 aromatic heterocycles. The summed E-state index contributed by atoms with van der Waals surface area (Å²) in [5.74, 6) is 0.468. The van der Waals surface area contributed by atoms with Crippen LogP contribution in [0.25, 0.3) is 11.0 Å². The summed E-state index contributed by atoms with van der Waals surface area (Å²) >= 11 is 6.20. The van der Waals surface area contributed by atoms with Crippen LogP contribution in [0.2, 0.25) is 5.02 Å². The normalized spacial score (nSPS) is 18.6. The first kappa shape index (κ1) is 19.3. The minimum atomic E-state index is -0.105. The fourth-order valence-electron chi connectivity index (χ4n) is 4.10. The first-order valence-electron chi connectivity index (χ1n) is 10.0. The van der Waals surface area contributed by atoms with Crippen LogP contribution in [-0.2, 0) is 4.79 Å². The summed E-state index contributed by atoms with van der Waals surface area (Å²) in [5, 5.41) is 1.39. The molecule has 28 heavy (non-hydrogen) atoms. The van der Waals surface area contributed by atoms with Crippen LogP contribution in [-0.4, -0.2) is 72.3 Å².